The van der Waals surface area contributed by atoms with Crippen LogP contribution in [-0.2, 0) is 10.8 Å². The monoisotopic (exact) mass is 724 g/mol. The minimum absolute atomic E-state index is 0.0467. The highest BCUT2D eigenvalue weighted by molar-refractivity contribution is 5.99. The summed E-state index contributed by atoms with van der Waals surface area (Å²) in [7, 11) is 0. The molecule has 274 valence electrons. The van der Waals surface area contributed by atoms with Crippen molar-refractivity contribution < 1.29 is 0 Å². The highest BCUT2D eigenvalue weighted by Gasteiger charge is 2.39. The Balaban J connectivity index is 1.10. The Morgan fingerprint density at radius 2 is 0.750 bits per heavy atom. The number of fused-ring (bicyclic) bond motifs is 2. The number of rotatable bonds is 8. The minimum atomic E-state index is 0.0467. The molecule has 0 unspecified atom stereocenters. The normalized spacial score (nSPS) is 14.2. The van der Waals surface area contributed by atoms with E-state index in [1.807, 2.05) is 0 Å². The van der Waals surface area contributed by atoms with Gasteiger partial charge in [0.15, 0.2) is 0 Å². The standard InChI is InChI=1S/C54H48N2/c1-53(2)37-38-54(3,4)52-49(53)22-14-24-51(52)56(46-33-25-40(26-34-46)39-15-7-5-8-16-39)47-35-29-42(30-36-47)41-27-31-45(32-28-41)55(44-19-9-6-10-20-44)50-23-13-18-43-17-11-12-21-48(43)50/h5-36H,37-38H2,1-4H3. The van der Waals surface area contributed by atoms with Gasteiger partial charge in [0.1, 0.15) is 0 Å². The maximum Gasteiger partial charge on any atom is 0.0540 e. The average molecular weight is 725 g/mol. The molecule has 0 fully saturated rings. The highest BCUT2D eigenvalue weighted by Crippen LogP contribution is 2.52. The summed E-state index contributed by atoms with van der Waals surface area (Å²) in [6.45, 7) is 9.66. The second-order valence-corrected chi connectivity index (χ2v) is 16.5. The number of nitrogens with zero attached hydrogens (tertiary/aromatic N) is 2. The van der Waals surface area contributed by atoms with Crippen LogP contribution in [0.5, 0.6) is 0 Å². The van der Waals surface area contributed by atoms with Gasteiger partial charge < -0.3 is 9.80 Å². The molecule has 0 saturated carbocycles. The topological polar surface area (TPSA) is 6.48 Å². The third kappa shape index (κ3) is 6.56. The number of hydrogen-bond acceptors (Lipinski definition) is 2. The van der Waals surface area contributed by atoms with E-state index in [0.29, 0.717) is 0 Å². The van der Waals surface area contributed by atoms with E-state index >= 15 is 0 Å². The van der Waals surface area contributed by atoms with E-state index < -0.39 is 0 Å². The van der Waals surface area contributed by atoms with Crippen LogP contribution in [0.4, 0.5) is 34.1 Å². The molecule has 0 saturated heterocycles. The Kier molecular flexibility index (Phi) is 9.06. The van der Waals surface area contributed by atoms with Gasteiger partial charge >= 0.3 is 0 Å². The number of hydrogen-bond donors (Lipinski definition) is 0. The maximum absolute atomic E-state index is 2.48. The van der Waals surface area contributed by atoms with Crippen molar-refractivity contribution in [1.82, 2.24) is 0 Å². The molecule has 0 aromatic heterocycles. The van der Waals surface area contributed by atoms with Crippen LogP contribution in [0.2, 0.25) is 0 Å². The summed E-state index contributed by atoms with van der Waals surface area (Å²) in [5.41, 5.74) is 14.9. The number of benzene rings is 8. The van der Waals surface area contributed by atoms with Crippen LogP contribution < -0.4 is 9.80 Å². The fourth-order valence-corrected chi connectivity index (χ4v) is 8.76. The van der Waals surface area contributed by atoms with Crippen molar-refractivity contribution in [2.24, 2.45) is 0 Å². The van der Waals surface area contributed by atoms with Crippen LogP contribution >= 0.6 is 0 Å². The molecule has 56 heavy (non-hydrogen) atoms. The number of para-hydroxylation sites is 1. The second kappa shape index (κ2) is 14.4. The van der Waals surface area contributed by atoms with Gasteiger partial charge in [-0.05, 0) is 123 Å². The van der Waals surface area contributed by atoms with Crippen LogP contribution in [0.3, 0.4) is 0 Å². The van der Waals surface area contributed by atoms with E-state index in [1.54, 1.807) is 0 Å². The van der Waals surface area contributed by atoms with E-state index in [9.17, 15) is 0 Å². The van der Waals surface area contributed by atoms with E-state index in [2.05, 4.69) is 232 Å². The Hall–Kier alpha value is -6.38. The summed E-state index contributed by atoms with van der Waals surface area (Å²) in [4.78, 5) is 4.84. The Morgan fingerprint density at radius 1 is 0.339 bits per heavy atom. The van der Waals surface area contributed by atoms with E-state index in [0.717, 1.165) is 34.9 Å². The summed E-state index contributed by atoms with van der Waals surface area (Å²) in [6.07, 6.45) is 2.34. The third-order valence-corrected chi connectivity index (χ3v) is 11.9. The Morgan fingerprint density at radius 3 is 1.34 bits per heavy atom. The van der Waals surface area contributed by atoms with Crippen LogP contribution in [0, 0.1) is 0 Å². The first kappa shape index (κ1) is 35.3. The van der Waals surface area contributed by atoms with Crippen LogP contribution in [0.1, 0.15) is 51.7 Å². The quantitative estimate of drug-likeness (QED) is 0.154. The molecular weight excluding hydrogens is 677 g/mol. The van der Waals surface area contributed by atoms with Gasteiger partial charge in [-0.25, -0.2) is 0 Å². The van der Waals surface area contributed by atoms with Crippen LogP contribution in [-0.4, -0.2) is 0 Å². The lowest BCUT2D eigenvalue weighted by Gasteiger charge is -2.44. The SMILES string of the molecule is CC1(C)CCC(C)(C)c2c(N(c3ccc(-c4ccccc4)cc3)c3ccc(-c4ccc(N(c5ccccc5)c5cccc6ccccc56)cc4)cc3)cccc21. The van der Waals surface area contributed by atoms with E-state index in [4.69, 9.17) is 0 Å². The van der Waals surface area contributed by atoms with Crippen molar-refractivity contribution in [3.05, 3.63) is 205 Å². The first-order valence-electron chi connectivity index (χ1n) is 19.9. The first-order chi connectivity index (χ1) is 27.3. The summed E-state index contributed by atoms with van der Waals surface area (Å²) in [5.74, 6) is 0. The van der Waals surface area contributed by atoms with Crippen LogP contribution in [0.25, 0.3) is 33.0 Å². The number of anilines is 6. The smallest absolute Gasteiger partial charge is 0.0540 e. The van der Waals surface area contributed by atoms with Gasteiger partial charge in [-0.1, -0.05) is 161 Å². The van der Waals surface area contributed by atoms with Gasteiger partial charge in [0.05, 0.1) is 11.4 Å². The maximum atomic E-state index is 2.48. The molecule has 2 nitrogen and oxygen atoms in total. The minimum Gasteiger partial charge on any atom is -0.310 e. The lowest BCUT2D eigenvalue weighted by molar-refractivity contribution is 0.332. The van der Waals surface area contributed by atoms with Gasteiger partial charge in [0, 0.05) is 28.1 Å². The molecule has 2 heteroatoms. The van der Waals surface area contributed by atoms with Crippen molar-refractivity contribution in [2.45, 2.75) is 51.4 Å². The predicted octanol–water partition coefficient (Wildman–Crippen LogP) is 15.5. The zero-order chi connectivity index (χ0) is 38.3. The van der Waals surface area contributed by atoms with Crippen molar-refractivity contribution >= 4 is 44.9 Å². The molecule has 9 rings (SSSR count). The third-order valence-electron chi connectivity index (χ3n) is 11.9. The molecule has 0 N–H and O–H groups in total. The van der Waals surface area contributed by atoms with Crippen molar-refractivity contribution in [1.29, 1.82) is 0 Å². The molecule has 0 atom stereocenters. The summed E-state index contributed by atoms with van der Waals surface area (Å²) in [6, 6.07) is 70.7. The molecule has 0 bridgehead atoms. The molecule has 0 amide bonds. The van der Waals surface area contributed by atoms with Gasteiger partial charge in [-0.15, -0.1) is 0 Å². The van der Waals surface area contributed by atoms with Crippen molar-refractivity contribution in [3.8, 4) is 22.3 Å². The molecule has 0 radical (unpaired) electrons. The lowest BCUT2D eigenvalue weighted by Crippen LogP contribution is -2.35. The van der Waals surface area contributed by atoms with E-state index in [1.165, 1.54) is 56.3 Å². The van der Waals surface area contributed by atoms with Gasteiger partial charge in [-0.3, -0.25) is 0 Å². The lowest BCUT2D eigenvalue weighted by atomic mass is 9.62. The average Bonchev–Trinajstić information content (AvgIpc) is 3.24. The van der Waals surface area contributed by atoms with Gasteiger partial charge in [-0.2, -0.15) is 0 Å². The fourth-order valence-electron chi connectivity index (χ4n) is 8.76. The van der Waals surface area contributed by atoms with Crippen molar-refractivity contribution in [2.75, 3.05) is 9.80 Å². The van der Waals surface area contributed by atoms with Gasteiger partial charge in [0.2, 0.25) is 0 Å². The molecule has 0 aliphatic heterocycles. The largest absolute Gasteiger partial charge is 0.310 e. The summed E-state index contributed by atoms with van der Waals surface area (Å²) >= 11 is 0. The molecule has 0 spiro atoms. The Bertz CT molecular complexity index is 2600. The highest BCUT2D eigenvalue weighted by atomic mass is 15.2. The molecule has 8 aromatic rings. The second-order valence-electron chi connectivity index (χ2n) is 16.5. The molecule has 0 heterocycles. The van der Waals surface area contributed by atoms with E-state index in [-0.39, 0.29) is 10.8 Å². The first-order valence-corrected chi connectivity index (χ1v) is 19.9. The zero-order valence-electron chi connectivity index (χ0n) is 32.8. The molecule has 1 aliphatic carbocycles. The summed E-state index contributed by atoms with van der Waals surface area (Å²) in [5, 5.41) is 2.46. The van der Waals surface area contributed by atoms with Crippen molar-refractivity contribution in [3.63, 3.8) is 0 Å². The zero-order valence-corrected chi connectivity index (χ0v) is 32.8. The fraction of sp³-hybridized carbons (Fsp3) is 0.148. The predicted molar refractivity (Wildman–Crippen MR) is 239 cm³/mol. The molecule has 1 aliphatic rings. The Labute approximate surface area is 332 Å². The summed E-state index contributed by atoms with van der Waals surface area (Å²) < 4.78 is 0. The molecular formula is C54H48N2. The molecule has 8 aromatic carbocycles. The van der Waals surface area contributed by atoms with Gasteiger partial charge in [0.25, 0.3) is 0 Å². The van der Waals surface area contributed by atoms with Crippen LogP contribution in [0.15, 0.2) is 194 Å².